The third-order valence-corrected chi connectivity index (χ3v) is 4.72. The summed E-state index contributed by atoms with van der Waals surface area (Å²) >= 11 is 1.81. The molecule has 4 heteroatoms. The molecule has 1 N–H and O–H groups in total. The van der Waals surface area contributed by atoms with Gasteiger partial charge in [-0.25, -0.2) is 0 Å². The molecule has 1 aliphatic carbocycles. The molecule has 0 spiro atoms. The van der Waals surface area contributed by atoms with Crippen LogP contribution < -0.4 is 0 Å². The molecule has 1 unspecified atom stereocenters. The number of aliphatic hydroxyl groups excluding tert-OH is 1. The van der Waals surface area contributed by atoms with E-state index in [0.717, 1.165) is 25.7 Å². The topological polar surface area (TPSA) is 40.5 Å². The van der Waals surface area contributed by atoms with Gasteiger partial charge in [-0.05, 0) is 50.7 Å². The highest BCUT2D eigenvalue weighted by atomic mass is 32.1. The van der Waals surface area contributed by atoms with Gasteiger partial charge in [0.15, 0.2) is 0 Å². The monoisotopic (exact) mass is 281 g/mol. The molecular weight excluding hydrogens is 258 g/mol. The van der Waals surface area contributed by atoms with Gasteiger partial charge in [-0.3, -0.25) is 4.79 Å². The van der Waals surface area contributed by atoms with Gasteiger partial charge >= 0.3 is 0 Å². The smallest absolute Gasteiger partial charge is 0.222 e. The van der Waals surface area contributed by atoms with E-state index in [1.54, 1.807) is 23.3 Å². The lowest BCUT2D eigenvalue weighted by Gasteiger charge is -2.20. The number of aryl methyl sites for hydroxylation is 2. The number of hydrogen-bond acceptors (Lipinski definition) is 3. The Kier molecular flexibility index (Phi) is 4.99. The van der Waals surface area contributed by atoms with E-state index in [0.29, 0.717) is 18.9 Å². The summed E-state index contributed by atoms with van der Waals surface area (Å²) in [4.78, 5) is 16.3. The normalized spacial score (nSPS) is 16.4. The van der Waals surface area contributed by atoms with Crippen molar-refractivity contribution in [1.29, 1.82) is 0 Å². The van der Waals surface area contributed by atoms with Crippen molar-refractivity contribution in [2.75, 3.05) is 13.6 Å². The van der Waals surface area contributed by atoms with Crippen molar-refractivity contribution in [3.8, 4) is 0 Å². The van der Waals surface area contributed by atoms with Crippen molar-refractivity contribution in [3.05, 3.63) is 21.9 Å². The number of hydrogen-bond donors (Lipinski definition) is 1. The maximum Gasteiger partial charge on any atom is 0.222 e. The number of aliphatic hydroxyl groups is 1. The van der Waals surface area contributed by atoms with Crippen LogP contribution in [0.25, 0.3) is 0 Å². The molecular formula is C15H23NO2S. The van der Waals surface area contributed by atoms with Crippen LogP contribution in [0.15, 0.2) is 12.1 Å². The number of carbonyl (C=O) groups excluding carboxylic acids is 1. The van der Waals surface area contributed by atoms with E-state index in [1.165, 1.54) is 9.75 Å². The lowest BCUT2D eigenvalue weighted by atomic mass is 10.2. The SMILES string of the molecule is Cc1ccc(CCCC(=O)N(C)CC(O)C2CC2)s1. The Balaban J connectivity index is 1.65. The minimum Gasteiger partial charge on any atom is -0.391 e. The van der Waals surface area contributed by atoms with E-state index in [-0.39, 0.29) is 12.0 Å². The van der Waals surface area contributed by atoms with Crippen LogP contribution in [0.4, 0.5) is 0 Å². The van der Waals surface area contributed by atoms with Crippen LogP contribution in [0.5, 0.6) is 0 Å². The maximum absolute atomic E-state index is 11.9. The van der Waals surface area contributed by atoms with Crippen LogP contribution in [0.1, 0.15) is 35.4 Å². The maximum atomic E-state index is 11.9. The molecule has 2 rings (SSSR count). The van der Waals surface area contributed by atoms with E-state index in [9.17, 15) is 9.90 Å². The Bertz CT molecular complexity index is 426. The number of thiophene rings is 1. The van der Waals surface area contributed by atoms with Crippen molar-refractivity contribution in [2.24, 2.45) is 5.92 Å². The fraction of sp³-hybridized carbons (Fsp3) is 0.667. The molecule has 1 heterocycles. The minimum absolute atomic E-state index is 0.146. The van der Waals surface area contributed by atoms with Gasteiger partial charge in [-0.2, -0.15) is 0 Å². The number of carbonyl (C=O) groups is 1. The molecule has 0 bridgehead atoms. The van der Waals surface area contributed by atoms with Gasteiger partial charge in [0.25, 0.3) is 0 Å². The molecule has 1 aliphatic rings. The second-order valence-corrected chi connectivity index (χ2v) is 6.92. The van der Waals surface area contributed by atoms with Crippen LogP contribution in [0.3, 0.4) is 0 Å². The van der Waals surface area contributed by atoms with Crippen molar-refractivity contribution in [2.45, 2.75) is 45.1 Å². The van der Waals surface area contributed by atoms with Crippen LogP contribution >= 0.6 is 11.3 Å². The van der Waals surface area contributed by atoms with Crippen LogP contribution in [0.2, 0.25) is 0 Å². The van der Waals surface area contributed by atoms with Gasteiger partial charge in [0, 0.05) is 29.8 Å². The first-order chi connectivity index (χ1) is 9.06. The van der Waals surface area contributed by atoms with E-state index in [2.05, 4.69) is 19.1 Å². The Morgan fingerprint density at radius 1 is 1.53 bits per heavy atom. The summed E-state index contributed by atoms with van der Waals surface area (Å²) in [6, 6.07) is 4.27. The molecule has 1 aromatic rings. The first-order valence-electron chi connectivity index (χ1n) is 7.03. The van der Waals surface area contributed by atoms with Crippen molar-refractivity contribution in [3.63, 3.8) is 0 Å². The second kappa shape index (κ2) is 6.53. The third-order valence-electron chi connectivity index (χ3n) is 3.66. The Labute approximate surface area is 119 Å². The standard InChI is InChI=1S/C15H23NO2S/c1-11-6-9-13(19-11)4-3-5-15(18)16(2)10-14(17)12-7-8-12/h6,9,12,14,17H,3-5,7-8,10H2,1-2H3. The Morgan fingerprint density at radius 2 is 2.26 bits per heavy atom. The average molecular weight is 281 g/mol. The number of rotatable bonds is 7. The second-order valence-electron chi connectivity index (χ2n) is 5.54. The zero-order chi connectivity index (χ0) is 13.8. The summed E-state index contributed by atoms with van der Waals surface area (Å²) in [6.45, 7) is 2.59. The summed E-state index contributed by atoms with van der Waals surface area (Å²) in [5, 5.41) is 9.82. The predicted molar refractivity (Wildman–Crippen MR) is 78.4 cm³/mol. The Hall–Kier alpha value is -0.870. The molecule has 1 saturated carbocycles. The number of likely N-dealkylation sites (N-methyl/N-ethyl adjacent to an activating group) is 1. The summed E-state index contributed by atoms with van der Waals surface area (Å²) < 4.78 is 0. The summed E-state index contributed by atoms with van der Waals surface area (Å²) in [7, 11) is 1.79. The first kappa shape index (κ1) is 14.5. The van der Waals surface area contributed by atoms with E-state index >= 15 is 0 Å². The molecule has 1 aromatic heterocycles. The largest absolute Gasteiger partial charge is 0.391 e. The lowest BCUT2D eigenvalue weighted by Crippen LogP contribution is -2.35. The van der Waals surface area contributed by atoms with Gasteiger partial charge in [0.05, 0.1) is 6.10 Å². The quantitative estimate of drug-likeness (QED) is 0.834. The van der Waals surface area contributed by atoms with Gasteiger partial charge in [0.1, 0.15) is 0 Å². The fourth-order valence-electron chi connectivity index (χ4n) is 2.24. The van der Waals surface area contributed by atoms with Crippen molar-refractivity contribution in [1.82, 2.24) is 4.90 Å². The van der Waals surface area contributed by atoms with Crippen LogP contribution in [0, 0.1) is 12.8 Å². The predicted octanol–water partition coefficient (Wildman–Crippen LogP) is 2.61. The third kappa shape index (κ3) is 4.62. The molecule has 19 heavy (non-hydrogen) atoms. The van der Waals surface area contributed by atoms with Gasteiger partial charge < -0.3 is 10.0 Å². The highest BCUT2D eigenvalue weighted by Crippen LogP contribution is 2.32. The molecule has 0 radical (unpaired) electrons. The van der Waals surface area contributed by atoms with Crippen LogP contribution in [-0.2, 0) is 11.2 Å². The zero-order valence-corrected chi connectivity index (χ0v) is 12.6. The van der Waals surface area contributed by atoms with E-state index in [4.69, 9.17) is 0 Å². The van der Waals surface area contributed by atoms with Gasteiger partial charge in [-0.1, -0.05) is 0 Å². The number of amides is 1. The first-order valence-corrected chi connectivity index (χ1v) is 7.85. The van der Waals surface area contributed by atoms with E-state index < -0.39 is 0 Å². The van der Waals surface area contributed by atoms with Crippen LogP contribution in [-0.4, -0.2) is 35.6 Å². The van der Waals surface area contributed by atoms with Crippen molar-refractivity contribution < 1.29 is 9.90 Å². The molecule has 1 amide bonds. The van der Waals surface area contributed by atoms with E-state index in [1.807, 2.05) is 0 Å². The average Bonchev–Trinajstić information content (AvgIpc) is 3.13. The molecule has 0 aliphatic heterocycles. The Morgan fingerprint density at radius 3 is 2.84 bits per heavy atom. The van der Waals surface area contributed by atoms with Crippen molar-refractivity contribution >= 4 is 17.2 Å². The summed E-state index contributed by atoms with van der Waals surface area (Å²) in [5.41, 5.74) is 0. The van der Waals surface area contributed by atoms with Gasteiger partial charge in [-0.15, -0.1) is 11.3 Å². The minimum atomic E-state index is -0.325. The molecule has 3 nitrogen and oxygen atoms in total. The highest BCUT2D eigenvalue weighted by molar-refractivity contribution is 7.11. The molecule has 1 fully saturated rings. The fourth-order valence-corrected chi connectivity index (χ4v) is 3.17. The molecule has 0 aromatic carbocycles. The number of nitrogens with zero attached hydrogens (tertiary/aromatic N) is 1. The lowest BCUT2D eigenvalue weighted by molar-refractivity contribution is -0.131. The molecule has 0 saturated heterocycles. The summed E-state index contributed by atoms with van der Waals surface area (Å²) in [5.74, 6) is 0.581. The molecule has 106 valence electrons. The van der Waals surface area contributed by atoms with Gasteiger partial charge in [0.2, 0.25) is 5.91 Å². The zero-order valence-electron chi connectivity index (χ0n) is 11.8. The summed E-state index contributed by atoms with van der Waals surface area (Å²) in [6.07, 6.45) is 4.34. The molecule has 1 atom stereocenters. The highest BCUT2D eigenvalue weighted by Gasteiger charge is 2.30.